The quantitative estimate of drug-likeness (QED) is 0.599. The summed E-state index contributed by atoms with van der Waals surface area (Å²) in [6.45, 7) is 8.04. The van der Waals surface area contributed by atoms with Crippen LogP contribution in [0.2, 0.25) is 0 Å². The minimum absolute atomic E-state index is 0.170. The van der Waals surface area contributed by atoms with Gasteiger partial charge >= 0.3 is 0 Å². The Morgan fingerprint density at radius 1 is 1.17 bits per heavy atom. The van der Waals surface area contributed by atoms with Crippen molar-refractivity contribution in [3.05, 3.63) is 0 Å². The third-order valence-electron chi connectivity index (χ3n) is 2.73. The summed E-state index contributed by atoms with van der Waals surface area (Å²) in [6, 6.07) is 0. The normalized spacial score (nSPS) is 35.2. The molecule has 1 rings (SSSR count). The lowest BCUT2D eigenvalue weighted by Gasteiger charge is -2.23. The largest absolute Gasteiger partial charge is 0.370 e. The van der Waals surface area contributed by atoms with Crippen molar-refractivity contribution in [3.8, 4) is 0 Å². The molecule has 3 atom stereocenters. The van der Waals surface area contributed by atoms with Crippen molar-refractivity contribution in [2.75, 3.05) is 20.3 Å². The molecule has 0 aliphatic heterocycles. The van der Waals surface area contributed by atoms with E-state index in [1.807, 2.05) is 20.8 Å². The van der Waals surface area contributed by atoms with Gasteiger partial charge < -0.3 is 18.9 Å². The number of hydrogen-bond donors (Lipinski definition) is 0. The van der Waals surface area contributed by atoms with Crippen LogP contribution in [-0.4, -0.2) is 44.1 Å². The Morgan fingerprint density at radius 3 is 2.22 bits per heavy atom. The van der Waals surface area contributed by atoms with Gasteiger partial charge in [0.2, 0.25) is 0 Å². The van der Waals surface area contributed by atoms with Crippen LogP contribution in [0.15, 0.2) is 0 Å². The van der Waals surface area contributed by atoms with E-state index in [1.54, 1.807) is 6.92 Å². The second kappa shape index (κ2) is 6.25. The Labute approximate surface area is 107 Å². The van der Waals surface area contributed by atoms with E-state index in [0.29, 0.717) is 13.2 Å². The first-order valence-corrected chi connectivity index (χ1v) is 6.32. The van der Waals surface area contributed by atoms with Crippen LogP contribution < -0.4 is 0 Å². The fourth-order valence-electron chi connectivity index (χ4n) is 2.12. The molecular formula is C12H23FO5. The molecule has 0 aromatic rings. The predicted molar refractivity (Wildman–Crippen MR) is 62.5 cm³/mol. The van der Waals surface area contributed by atoms with Crippen LogP contribution in [0.3, 0.4) is 0 Å². The first-order valence-electron chi connectivity index (χ1n) is 6.32. The van der Waals surface area contributed by atoms with Gasteiger partial charge in [0.25, 0.3) is 11.6 Å². The molecule has 0 heterocycles. The van der Waals surface area contributed by atoms with Gasteiger partial charge in [0.05, 0.1) is 12.7 Å². The van der Waals surface area contributed by atoms with E-state index in [0.717, 1.165) is 6.42 Å². The summed E-state index contributed by atoms with van der Waals surface area (Å²) < 4.78 is 34.8. The molecule has 1 saturated carbocycles. The topological polar surface area (TPSA) is 46.2 Å². The Hall–Kier alpha value is -0.270. The molecule has 3 unspecified atom stereocenters. The summed E-state index contributed by atoms with van der Waals surface area (Å²) in [5.74, 6) is -2.97. The van der Waals surface area contributed by atoms with Crippen LogP contribution in [0.5, 0.6) is 0 Å². The predicted octanol–water partition coefficient (Wildman–Crippen LogP) is 2.20. The monoisotopic (exact) mass is 266 g/mol. The van der Waals surface area contributed by atoms with Crippen molar-refractivity contribution < 1.29 is 28.4 Å². The van der Waals surface area contributed by atoms with Crippen molar-refractivity contribution in [1.29, 1.82) is 0 Å². The third kappa shape index (κ3) is 2.40. The van der Waals surface area contributed by atoms with E-state index >= 15 is 0 Å². The van der Waals surface area contributed by atoms with Gasteiger partial charge in [0.1, 0.15) is 0 Å². The summed E-state index contributed by atoms with van der Waals surface area (Å²) in [6.07, 6.45) is -0.189. The maximum absolute atomic E-state index is 13.0. The van der Waals surface area contributed by atoms with E-state index in [2.05, 4.69) is 4.94 Å². The highest BCUT2D eigenvalue weighted by Crippen LogP contribution is 2.58. The van der Waals surface area contributed by atoms with Gasteiger partial charge in [-0.1, -0.05) is 6.92 Å². The highest BCUT2D eigenvalue weighted by molar-refractivity contribution is 5.20. The number of methoxy groups -OCH3 is 1. The first-order chi connectivity index (χ1) is 8.54. The smallest absolute Gasteiger partial charge is 0.296 e. The summed E-state index contributed by atoms with van der Waals surface area (Å²) in [5, 5.41) is 0. The molecule has 0 aromatic carbocycles. The van der Waals surface area contributed by atoms with Crippen molar-refractivity contribution in [1.82, 2.24) is 0 Å². The molecule has 0 radical (unpaired) electrons. The van der Waals surface area contributed by atoms with Crippen LogP contribution >= 0.6 is 0 Å². The second-order valence-electron chi connectivity index (χ2n) is 4.48. The summed E-state index contributed by atoms with van der Waals surface area (Å²) in [4.78, 5) is 4.03. The zero-order chi connectivity index (χ0) is 13.8. The molecule has 1 aliphatic carbocycles. The lowest BCUT2D eigenvalue weighted by molar-refractivity contribution is -0.360. The van der Waals surface area contributed by atoms with Crippen LogP contribution in [0.25, 0.3) is 0 Å². The molecule has 1 aliphatic rings. The van der Waals surface area contributed by atoms with Crippen molar-refractivity contribution in [2.24, 2.45) is 0 Å². The summed E-state index contributed by atoms with van der Waals surface area (Å²) in [7, 11) is 1.44. The van der Waals surface area contributed by atoms with Crippen molar-refractivity contribution >= 4 is 0 Å². The van der Waals surface area contributed by atoms with E-state index in [4.69, 9.17) is 18.9 Å². The zero-order valence-corrected chi connectivity index (χ0v) is 11.7. The molecule has 6 heteroatoms. The maximum atomic E-state index is 13.0. The van der Waals surface area contributed by atoms with Crippen LogP contribution in [0.1, 0.15) is 34.1 Å². The van der Waals surface area contributed by atoms with Gasteiger partial charge in [-0.25, -0.2) is 0 Å². The van der Waals surface area contributed by atoms with Crippen molar-refractivity contribution in [3.63, 3.8) is 0 Å². The fourth-order valence-corrected chi connectivity index (χ4v) is 2.12. The van der Waals surface area contributed by atoms with Gasteiger partial charge in [-0.15, -0.1) is 4.94 Å². The van der Waals surface area contributed by atoms with E-state index in [9.17, 15) is 4.53 Å². The van der Waals surface area contributed by atoms with Crippen LogP contribution in [0, 0.1) is 0 Å². The van der Waals surface area contributed by atoms with Crippen molar-refractivity contribution in [2.45, 2.75) is 57.9 Å². The lowest BCUT2D eigenvalue weighted by Crippen LogP contribution is -2.37. The second-order valence-corrected chi connectivity index (χ2v) is 4.48. The molecule has 0 bridgehead atoms. The average molecular weight is 266 g/mol. The van der Waals surface area contributed by atoms with Gasteiger partial charge in [0.15, 0.2) is 6.10 Å². The zero-order valence-electron chi connectivity index (χ0n) is 11.7. The number of halogens is 1. The van der Waals surface area contributed by atoms with Gasteiger partial charge in [0, 0.05) is 13.7 Å². The SMILES string of the molecule is CCCOC1(OF)C(OC)C1(OCC)OC(C)C. The van der Waals surface area contributed by atoms with Gasteiger partial charge in [-0.2, -0.15) is 0 Å². The Bertz CT molecular complexity index is 263. The maximum Gasteiger partial charge on any atom is 0.296 e. The third-order valence-corrected chi connectivity index (χ3v) is 2.73. The molecule has 0 spiro atoms. The molecule has 1 fully saturated rings. The molecule has 18 heavy (non-hydrogen) atoms. The fraction of sp³-hybridized carbons (Fsp3) is 1.00. The molecule has 0 aromatic heterocycles. The Balaban J connectivity index is 2.92. The standard InChI is InChI=1S/C12H23FO5/c1-6-8-16-12(18-13)10(14-5)11(12,15-7-2)17-9(3)4/h9-10H,6-8H2,1-5H3. The number of rotatable bonds is 9. The number of hydrogen-bond acceptors (Lipinski definition) is 5. The number of ether oxygens (including phenoxy) is 4. The van der Waals surface area contributed by atoms with Crippen LogP contribution in [-0.2, 0) is 23.9 Å². The van der Waals surface area contributed by atoms with E-state index in [-0.39, 0.29) is 6.10 Å². The molecule has 0 amide bonds. The van der Waals surface area contributed by atoms with E-state index < -0.39 is 17.7 Å². The summed E-state index contributed by atoms with van der Waals surface area (Å²) in [5.41, 5.74) is 0. The summed E-state index contributed by atoms with van der Waals surface area (Å²) >= 11 is 0. The van der Waals surface area contributed by atoms with Gasteiger partial charge in [-0.05, 0) is 31.7 Å². The highest BCUT2D eigenvalue weighted by atomic mass is 19.3. The minimum atomic E-state index is -1.63. The highest BCUT2D eigenvalue weighted by Gasteiger charge is 2.87. The molecule has 5 nitrogen and oxygen atoms in total. The van der Waals surface area contributed by atoms with E-state index in [1.165, 1.54) is 7.11 Å². The lowest BCUT2D eigenvalue weighted by atomic mass is 10.4. The molecule has 0 saturated heterocycles. The molecule has 0 N–H and O–H groups in total. The average Bonchev–Trinajstić information content (AvgIpc) is 2.86. The van der Waals surface area contributed by atoms with Crippen LogP contribution in [0.4, 0.5) is 4.53 Å². The molecule has 108 valence electrons. The van der Waals surface area contributed by atoms with Gasteiger partial charge in [-0.3, -0.25) is 0 Å². The first kappa shape index (κ1) is 15.8. The Kier molecular flexibility index (Phi) is 5.48. The minimum Gasteiger partial charge on any atom is -0.370 e. The Morgan fingerprint density at radius 2 is 1.83 bits per heavy atom. The molecular weight excluding hydrogens is 243 g/mol.